The number of thioether (sulfide) groups is 1. The quantitative estimate of drug-likeness (QED) is 0.0222. The summed E-state index contributed by atoms with van der Waals surface area (Å²) in [5.41, 5.74) is 2.13. The molecular weight excluding hydrogens is 951 g/mol. The highest BCUT2D eigenvalue weighted by Crippen LogP contribution is 2.33. The van der Waals surface area contributed by atoms with E-state index in [1.54, 1.807) is 24.3 Å². The number of aromatic nitrogens is 1. The molecule has 2 aromatic rings. The fourth-order valence-corrected chi connectivity index (χ4v) is 9.54. The third-order valence-electron chi connectivity index (χ3n) is 11.0. The summed E-state index contributed by atoms with van der Waals surface area (Å²) in [6.45, 7) is -1.83. The molecule has 2 aliphatic heterocycles. The molecule has 0 spiro atoms. The zero-order chi connectivity index (χ0) is 51.0. The second kappa shape index (κ2) is 29.5. The van der Waals surface area contributed by atoms with Gasteiger partial charge >= 0.3 is 35.9 Å². The highest BCUT2D eigenvalue weighted by molar-refractivity contribution is 8.00. The molecule has 380 valence electrons. The molecule has 0 saturated carbocycles. The number of pyridine rings is 1. The van der Waals surface area contributed by atoms with Crippen LogP contribution in [0.15, 0.2) is 36.4 Å². The van der Waals surface area contributed by atoms with Gasteiger partial charge in [0.05, 0.1) is 49.7 Å². The van der Waals surface area contributed by atoms with Crippen LogP contribution in [0.2, 0.25) is 0 Å². The van der Waals surface area contributed by atoms with Gasteiger partial charge in [-0.2, -0.15) is 11.8 Å². The lowest BCUT2D eigenvalue weighted by atomic mass is 10.0. The number of rotatable bonds is 31. The summed E-state index contributed by atoms with van der Waals surface area (Å²) in [6, 6.07) is 9.25. The van der Waals surface area contributed by atoms with Crippen LogP contribution in [0.5, 0.6) is 0 Å². The van der Waals surface area contributed by atoms with Crippen molar-refractivity contribution < 1.29 is 63.9 Å². The number of carboxylic acid groups (broad SMARTS) is 5. The summed E-state index contributed by atoms with van der Waals surface area (Å²) in [6.07, 6.45) is 6.43. The van der Waals surface area contributed by atoms with Gasteiger partial charge in [-0.25, -0.2) is 9.59 Å². The summed E-state index contributed by atoms with van der Waals surface area (Å²) in [4.78, 5) is 100. The highest BCUT2D eigenvalue weighted by atomic mass is 32.2. The number of carboxylic acids is 5. The maximum absolute atomic E-state index is 12.5. The second-order valence-electron chi connectivity index (χ2n) is 16.9. The summed E-state index contributed by atoms with van der Waals surface area (Å²) >= 11 is 7.27. The van der Waals surface area contributed by atoms with Gasteiger partial charge in [0.15, 0.2) is 5.11 Å². The van der Waals surface area contributed by atoms with Gasteiger partial charge in [-0.15, -0.1) is 0 Å². The number of nitrogens with zero attached hydrogens (tertiary/aromatic N) is 3. The largest absolute Gasteiger partial charge is 0.480 e. The van der Waals surface area contributed by atoms with E-state index < -0.39 is 62.1 Å². The van der Waals surface area contributed by atoms with E-state index in [-0.39, 0.29) is 67.2 Å². The van der Waals surface area contributed by atoms with Crippen molar-refractivity contribution in [1.82, 2.24) is 41.4 Å². The van der Waals surface area contributed by atoms with Crippen molar-refractivity contribution in [2.45, 2.75) is 107 Å². The Morgan fingerprint density at radius 3 is 1.87 bits per heavy atom. The lowest BCUT2D eigenvalue weighted by Gasteiger charge is -2.20. The predicted molar refractivity (Wildman–Crippen MR) is 261 cm³/mol. The third-order valence-corrected chi connectivity index (χ3v) is 12.7. The smallest absolute Gasteiger partial charge is 0.326 e. The Morgan fingerprint density at radius 2 is 1.27 bits per heavy atom. The first-order valence-corrected chi connectivity index (χ1v) is 24.3. The Hall–Kier alpha value is -6.55. The lowest BCUT2D eigenvalue weighted by Crippen LogP contribution is -2.40. The zero-order valence-electron chi connectivity index (χ0n) is 38.6. The van der Waals surface area contributed by atoms with Crippen LogP contribution in [0.25, 0.3) is 0 Å². The van der Waals surface area contributed by atoms with Gasteiger partial charge in [0.2, 0.25) is 11.8 Å². The van der Waals surface area contributed by atoms with Crippen molar-refractivity contribution in [2.24, 2.45) is 0 Å². The number of carbonyl (C=O) groups is 8. The Balaban J connectivity index is 1.13. The maximum Gasteiger partial charge on any atom is 0.326 e. The number of carbonyl (C=O) groups excluding carboxylic acids is 3. The van der Waals surface area contributed by atoms with E-state index in [0.29, 0.717) is 78.8 Å². The van der Waals surface area contributed by atoms with Crippen molar-refractivity contribution in [2.75, 3.05) is 50.3 Å². The molecule has 11 N–H and O–H groups in total. The number of urea groups is 1. The van der Waals surface area contributed by atoms with E-state index in [0.717, 1.165) is 34.8 Å². The Kier molecular flexibility index (Phi) is 23.6. The summed E-state index contributed by atoms with van der Waals surface area (Å²) in [5.74, 6) is 0.357. The molecule has 4 unspecified atom stereocenters. The molecule has 0 radical (unpaired) electrons. The molecule has 4 amide bonds. The number of benzene rings is 1. The molecule has 4 rings (SSSR count). The third kappa shape index (κ3) is 21.8. The van der Waals surface area contributed by atoms with Gasteiger partial charge in [-0.3, -0.25) is 43.6 Å². The topological polar surface area (TPSA) is 329 Å². The minimum atomic E-state index is -1.26. The molecule has 3 heterocycles. The Bertz CT molecular complexity index is 2150. The molecule has 0 bridgehead atoms. The number of anilines is 1. The summed E-state index contributed by atoms with van der Waals surface area (Å²) in [7, 11) is 0. The number of hydrogen-bond donors (Lipinski definition) is 11. The SMILES string of the molecule is O=C(O)CN(CC(=O)O)Cc1cc(C#Cc2ccc(NC(=S)NCCCCCC(=O)NC(CCCCNC(=O)CCCCC3SCC4NC(=O)NC43)C(=O)O)cc2)cc(CN(CC(=O)O)CC(=O)O)n1. The van der Waals surface area contributed by atoms with Crippen molar-refractivity contribution in [3.63, 3.8) is 0 Å². The van der Waals surface area contributed by atoms with Crippen molar-refractivity contribution in [3.05, 3.63) is 58.9 Å². The predicted octanol–water partition coefficient (Wildman–Crippen LogP) is 1.85. The fourth-order valence-electron chi connectivity index (χ4n) is 7.78. The molecule has 24 heteroatoms. The lowest BCUT2D eigenvalue weighted by molar-refractivity contribution is -0.144. The number of hydrogen-bond acceptors (Lipinski definition) is 13. The van der Waals surface area contributed by atoms with E-state index in [2.05, 4.69) is 48.7 Å². The van der Waals surface area contributed by atoms with E-state index in [4.69, 9.17) is 12.2 Å². The minimum Gasteiger partial charge on any atom is -0.480 e. The van der Waals surface area contributed by atoms with Crippen LogP contribution in [-0.4, -0.2) is 162 Å². The first kappa shape index (κ1) is 56.0. The van der Waals surface area contributed by atoms with Gasteiger partial charge in [-0.1, -0.05) is 24.7 Å². The molecule has 2 saturated heterocycles. The molecular formula is C46H61N9O13S2. The average Bonchev–Trinajstić information content (AvgIpc) is 3.83. The van der Waals surface area contributed by atoms with Crippen LogP contribution in [0.3, 0.4) is 0 Å². The van der Waals surface area contributed by atoms with Crippen LogP contribution in [-0.2, 0) is 46.7 Å². The van der Waals surface area contributed by atoms with Gasteiger partial charge < -0.3 is 57.4 Å². The van der Waals surface area contributed by atoms with Crippen molar-refractivity contribution in [3.8, 4) is 11.8 Å². The van der Waals surface area contributed by atoms with Crippen LogP contribution in [0.4, 0.5) is 10.5 Å². The zero-order valence-corrected chi connectivity index (χ0v) is 40.2. The van der Waals surface area contributed by atoms with E-state index >= 15 is 0 Å². The van der Waals surface area contributed by atoms with Crippen molar-refractivity contribution in [1.29, 1.82) is 0 Å². The van der Waals surface area contributed by atoms with Gasteiger partial charge in [0.25, 0.3) is 0 Å². The van der Waals surface area contributed by atoms with E-state index in [9.17, 15) is 63.9 Å². The molecule has 2 aliphatic rings. The van der Waals surface area contributed by atoms with Gasteiger partial charge in [0.1, 0.15) is 6.04 Å². The Labute approximate surface area is 414 Å². The number of unbranched alkanes of at least 4 members (excludes halogenated alkanes) is 4. The standard InChI is InChI=1S/C46H61N9O13S2/c56-37(10-4-3-9-36-43-35(28-70-36)52-45(68)53-43)47-18-7-5-8-34(44(66)67)51-38(57)11-2-1-6-19-48-46(69)50-31-16-14-29(15-17-31)12-13-30-20-32(22-54(24-39(58)59)25-40(60)61)49-33(21-30)23-55(26-41(62)63)27-42(64)65/h14-17,20-21,34-36,43H,1-11,18-19,22-28H2,(H,47,56)(H,51,57)(H,58,59)(H,60,61)(H,62,63)(H,64,65)(H,66,67)(H2,48,50,69)(H2,52,53,68). The van der Waals surface area contributed by atoms with Gasteiger partial charge in [0, 0.05) is 66.8 Å². The molecule has 4 atom stereocenters. The summed E-state index contributed by atoms with van der Waals surface area (Å²) < 4.78 is 0. The molecule has 1 aromatic carbocycles. The minimum absolute atomic E-state index is 0.0496. The molecule has 70 heavy (non-hydrogen) atoms. The number of thiocarbonyl (C=S) groups is 1. The summed E-state index contributed by atoms with van der Waals surface area (Å²) in [5, 5.41) is 65.1. The van der Waals surface area contributed by atoms with E-state index in [1.165, 1.54) is 12.1 Å². The molecule has 0 aliphatic carbocycles. The Morgan fingerprint density at radius 1 is 0.714 bits per heavy atom. The molecule has 2 fully saturated rings. The number of fused-ring (bicyclic) bond motifs is 1. The fraction of sp³-hybridized carbons (Fsp3) is 0.522. The second-order valence-corrected chi connectivity index (χ2v) is 18.6. The normalized spacial score (nSPS) is 16.2. The van der Waals surface area contributed by atoms with E-state index in [1.807, 2.05) is 11.8 Å². The highest BCUT2D eigenvalue weighted by Gasteiger charge is 2.42. The van der Waals surface area contributed by atoms with Gasteiger partial charge in [-0.05, 0) is 93.6 Å². The average molecular weight is 1010 g/mol. The van der Waals surface area contributed by atoms with Crippen LogP contribution in [0, 0.1) is 11.8 Å². The number of nitrogens with one attached hydrogen (secondary N) is 6. The monoisotopic (exact) mass is 1010 g/mol. The number of aliphatic carboxylic acids is 5. The number of amides is 4. The van der Waals surface area contributed by atoms with Crippen LogP contribution >= 0.6 is 24.0 Å². The molecule has 1 aromatic heterocycles. The first-order valence-electron chi connectivity index (χ1n) is 22.9. The first-order chi connectivity index (χ1) is 33.4. The van der Waals surface area contributed by atoms with Crippen LogP contribution < -0.4 is 31.9 Å². The van der Waals surface area contributed by atoms with Crippen LogP contribution in [0.1, 0.15) is 93.1 Å². The molecule has 22 nitrogen and oxygen atoms in total. The van der Waals surface area contributed by atoms with Crippen molar-refractivity contribution >= 4 is 82.5 Å². The maximum atomic E-state index is 12.5.